The molecule has 14 nitrogen and oxygen atoms in total. The number of β-amino-alcohol motifs (C(OH)–C–C–N with tert-alkyl or cyclic N) is 1. The van der Waals surface area contributed by atoms with Gasteiger partial charge in [-0.3, -0.25) is 14.3 Å². The summed E-state index contributed by atoms with van der Waals surface area (Å²) in [4.78, 5) is 2.44. The standard InChI is InChI=1S/C25H31BrN2O3S.C14H20N2O2S.C11H13BrO5S.Na/c1-3-25(19-5-4-6-21(11-19)27-32(2,30)31)22-14-28(15-23(22)25)16-24(29)12-18(13-24)17-7-9-20(26)10-8-17;1-3-14(12-8-15-9-13(12)14)10-5-4-6-11(7-10)16-19(2,17)18;12-9-3-1-7(2-4-9)8-5-11(14,6-8)10(13)18(15,16)17;/h4-11,18,22-23,27,29H,3,12-16H2,1-2H3;4-7,12-13,15-16H,3,8-9H2,1-2H3;1-4,8,10,13-14H,5-6H2,(H,15,16,17);/q;;;+1/p-1/t18?,22-,23+,24?,25?;12-,13+,14?;;. The molecule has 7 atom stereocenters. The molecule has 70 heavy (non-hydrogen) atoms. The molecular weight excluding hydrogens is 1100 g/mol. The third-order valence-corrected chi connectivity index (χ3v) is 19.3. The van der Waals surface area contributed by atoms with Gasteiger partial charge >= 0.3 is 29.6 Å². The number of likely N-dealkylation sites (tertiary alicyclic amines) is 1. The normalized spacial score (nSPS) is 32.1. The number of anilines is 2. The molecule has 3 unspecified atom stereocenters. The number of nitrogens with one attached hydrogen (secondary N) is 3. The van der Waals surface area contributed by atoms with E-state index in [1.54, 1.807) is 0 Å². The Kier molecular flexibility index (Phi) is 16.7. The third kappa shape index (κ3) is 11.9. The quantitative estimate of drug-likeness (QED) is 0.0784. The van der Waals surface area contributed by atoms with Gasteiger partial charge in [0.1, 0.15) is 15.7 Å². The fourth-order valence-corrected chi connectivity index (χ4v) is 15.1. The molecule has 20 heteroatoms. The van der Waals surface area contributed by atoms with E-state index < -0.39 is 46.8 Å². The van der Waals surface area contributed by atoms with E-state index in [0.29, 0.717) is 41.0 Å². The average molecular weight is 1160 g/mol. The summed E-state index contributed by atoms with van der Waals surface area (Å²) in [5.74, 6) is 2.99. The van der Waals surface area contributed by atoms with Gasteiger partial charge in [-0.2, -0.15) is 0 Å². The van der Waals surface area contributed by atoms with E-state index in [-0.39, 0.29) is 59.1 Å². The summed E-state index contributed by atoms with van der Waals surface area (Å²) in [7, 11) is -11.4. The summed E-state index contributed by atoms with van der Waals surface area (Å²) in [5.41, 5.74) is 1.83. The minimum Gasteiger partial charge on any atom is -0.746 e. The molecule has 0 radical (unpaired) electrons. The van der Waals surface area contributed by atoms with Crippen molar-refractivity contribution >= 4 is 73.4 Å². The van der Waals surface area contributed by atoms with Crippen LogP contribution in [-0.2, 0) is 41.0 Å². The van der Waals surface area contributed by atoms with Crippen molar-refractivity contribution in [3.63, 3.8) is 0 Å². The van der Waals surface area contributed by atoms with Crippen LogP contribution in [0.1, 0.15) is 86.5 Å². The predicted molar refractivity (Wildman–Crippen MR) is 275 cm³/mol. The van der Waals surface area contributed by atoms with Gasteiger partial charge in [-0.1, -0.05) is 94.2 Å². The van der Waals surface area contributed by atoms with Crippen LogP contribution in [0.3, 0.4) is 0 Å². The zero-order valence-corrected chi connectivity index (χ0v) is 47.8. The van der Waals surface area contributed by atoms with Crippen molar-refractivity contribution in [2.24, 2.45) is 23.7 Å². The van der Waals surface area contributed by atoms with Gasteiger partial charge in [0.15, 0.2) is 5.44 Å². The Balaban J connectivity index is 0.000000164. The molecule has 4 saturated carbocycles. The summed E-state index contributed by atoms with van der Waals surface area (Å²) >= 11 is 6.78. The topological polar surface area (TPSA) is 225 Å². The number of benzene rings is 4. The van der Waals surface area contributed by atoms with Crippen LogP contribution in [0.5, 0.6) is 0 Å². The molecule has 4 aromatic rings. The maximum absolute atomic E-state index is 11.6. The Bertz CT molecular complexity index is 2830. The molecule has 2 heterocycles. The number of nitrogens with zero attached hydrogens (tertiary/aromatic N) is 1. The molecule has 2 aliphatic heterocycles. The maximum atomic E-state index is 11.6. The molecule has 4 aromatic carbocycles. The maximum Gasteiger partial charge on any atom is 1.00 e. The van der Waals surface area contributed by atoms with Crippen LogP contribution in [0.25, 0.3) is 0 Å². The summed E-state index contributed by atoms with van der Waals surface area (Å²) in [6.07, 6.45) is 6.34. The summed E-state index contributed by atoms with van der Waals surface area (Å²) in [5, 5.41) is 33.7. The van der Waals surface area contributed by atoms with E-state index in [0.717, 1.165) is 72.9 Å². The number of hydrogen-bond donors (Lipinski definition) is 6. The number of rotatable bonds is 14. The number of sulfonamides is 2. The Labute approximate surface area is 452 Å². The molecule has 6 N–H and O–H groups in total. The molecule has 0 amide bonds. The number of aliphatic hydroxyl groups is 3. The second kappa shape index (κ2) is 21.0. The number of hydrogen-bond acceptors (Lipinski definition) is 12. The van der Waals surface area contributed by atoms with Crippen molar-refractivity contribution in [1.82, 2.24) is 10.2 Å². The van der Waals surface area contributed by atoms with Crippen LogP contribution >= 0.6 is 31.9 Å². The Morgan fingerprint density at radius 2 is 1.07 bits per heavy atom. The van der Waals surface area contributed by atoms with Crippen LogP contribution in [0.4, 0.5) is 11.4 Å². The second-order valence-corrected chi connectivity index (χ2v) is 27.2. The van der Waals surface area contributed by atoms with Crippen LogP contribution in [0.2, 0.25) is 0 Å². The van der Waals surface area contributed by atoms with Gasteiger partial charge in [-0.25, -0.2) is 25.3 Å². The monoisotopic (exact) mass is 1160 g/mol. The average Bonchev–Trinajstić information content (AvgIpc) is 3.81. The van der Waals surface area contributed by atoms with Gasteiger partial charge in [0, 0.05) is 50.8 Å². The van der Waals surface area contributed by atoms with Crippen LogP contribution in [0.15, 0.2) is 106 Å². The summed E-state index contributed by atoms with van der Waals surface area (Å²) < 4.78 is 85.2. The van der Waals surface area contributed by atoms with Gasteiger partial charge in [0.05, 0.1) is 18.1 Å². The smallest absolute Gasteiger partial charge is 0.746 e. The van der Waals surface area contributed by atoms with Crippen molar-refractivity contribution in [2.45, 2.75) is 91.7 Å². The second-order valence-electron chi connectivity index (χ2n) is 20.5. The molecular formula is C50H63Br2N4NaO10S3. The van der Waals surface area contributed by atoms with E-state index in [1.165, 1.54) is 29.2 Å². The first-order valence-corrected chi connectivity index (χ1v) is 30.3. The molecule has 376 valence electrons. The predicted octanol–water partition coefficient (Wildman–Crippen LogP) is 3.82. The largest absolute Gasteiger partial charge is 1.00 e. The number of piperidine rings is 2. The number of aliphatic hydroxyl groups excluding tert-OH is 1. The Hall–Kier alpha value is -1.95. The van der Waals surface area contributed by atoms with Gasteiger partial charge in [-0.05, 0) is 158 Å². The van der Waals surface area contributed by atoms with Gasteiger partial charge < -0.3 is 25.2 Å². The SMILES string of the molecule is CCC1(c2cccc(NS(C)(=O)=O)c2)[C@@H]2CN(CC3(O)CC(c4ccc(Br)cc4)C3)C[C@@H]21.CCC1(c2cccc(NS(C)(=O)=O)c2)[C@@H]2CNC[C@@H]21.O=S(=O)([O-])C(O)C1(O)CC(c2ccc(Br)cc2)C1.[Na+]. The zero-order valence-electron chi connectivity index (χ0n) is 40.2. The van der Waals surface area contributed by atoms with Crippen molar-refractivity contribution in [3.8, 4) is 0 Å². The van der Waals surface area contributed by atoms with Gasteiger partial charge in [0.2, 0.25) is 20.0 Å². The molecule has 2 saturated heterocycles. The van der Waals surface area contributed by atoms with Crippen molar-refractivity contribution in [3.05, 3.63) is 128 Å². The van der Waals surface area contributed by atoms with Crippen LogP contribution in [-0.4, -0.2) is 112 Å². The summed E-state index contributed by atoms with van der Waals surface area (Å²) in [6.45, 7) is 9.41. The first-order chi connectivity index (χ1) is 32.3. The Morgan fingerprint density at radius 3 is 1.46 bits per heavy atom. The van der Waals surface area contributed by atoms with E-state index >= 15 is 0 Å². The van der Waals surface area contributed by atoms with E-state index in [4.69, 9.17) is 0 Å². The zero-order chi connectivity index (χ0) is 50.0. The molecule has 0 bridgehead atoms. The summed E-state index contributed by atoms with van der Waals surface area (Å²) in [6, 6.07) is 31.7. The number of halogens is 2. The molecule has 10 rings (SSSR count). The third-order valence-electron chi connectivity index (χ3n) is 16.0. The van der Waals surface area contributed by atoms with Gasteiger partial charge in [0.25, 0.3) is 0 Å². The van der Waals surface area contributed by atoms with Crippen LogP contribution < -0.4 is 44.3 Å². The Morgan fingerprint density at radius 1 is 0.671 bits per heavy atom. The molecule has 0 aromatic heterocycles. The fourth-order valence-electron chi connectivity index (χ4n) is 12.7. The fraction of sp³-hybridized carbons (Fsp3) is 0.520. The minimum absolute atomic E-state index is 0. The van der Waals surface area contributed by atoms with Gasteiger partial charge in [-0.15, -0.1) is 0 Å². The molecule has 6 fully saturated rings. The minimum atomic E-state index is -4.89. The number of fused-ring (bicyclic) bond motifs is 2. The first kappa shape index (κ1) is 55.8. The molecule has 4 aliphatic carbocycles. The van der Waals surface area contributed by atoms with Crippen molar-refractivity contribution < 1.29 is 74.7 Å². The molecule has 6 aliphatic rings. The molecule has 0 spiro atoms. The first-order valence-electron chi connectivity index (χ1n) is 23.5. The van der Waals surface area contributed by atoms with E-state index in [9.17, 15) is 45.1 Å². The van der Waals surface area contributed by atoms with Crippen molar-refractivity contribution in [1.29, 1.82) is 0 Å². The van der Waals surface area contributed by atoms with E-state index in [1.807, 2.05) is 60.7 Å². The van der Waals surface area contributed by atoms with Crippen molar-refractivity contribution in [2.75, 3.05) is 54.7 Å². The van der Waals surface area contributed by atoms with E-state index in [2.05, 4.69) is 102 Å². The van der Waals surface area contributed by atoms with Crippen LogP contribution in [0, 0.1) is 23.7 Å².